The molecule has 0 aliphatic heterocycles. The highest BCUT2D eigenvalue weighted by Gasteiger charge is 2.09. The zero-order valence-electron chi connectivity index (χ0n) is 11.1. The van der Waals surface area contributed by atoms with E-state index in [1.165, 1.54) is 0 Å². The van der Waals surface area contributed by atoms with Gasteiger partial charge in [0.15, 0.2) is 0 Å². The highest BCUT2D eigenvalue weighted by molar-refractivity contribution is 9.10. The van der Waals surface area contributed by atoms with E-state index in [1.54, 1.807) is 7.11 Å². The van der Waals surface area contributed by atoms with E-state index in [1.807, 2.05) is 31.2 Å². The lowest BCUT2D eigenvalue weighted by Gasteiger charge is -2.15. The molecule has 20 heavy (non-hydrogen) atoms. The summed E-state index contributed by atoms with van der Waals surface area (Å²) in [6, 6.07) is 9.79. The molecule has 0 aromatic heterocycles. The molecule has 2 nitrogen and oxygen atoms in total. The second-order valence-corrected chi connectivity index (χ2v) is 6.60. The van der Waals surface area contributed by atoms with E-state index >= 15 is 0 Å². The van der Waals surface area contributed by atoms with E-state index in [-0.39, 0.29) is 0 Å². The Morgan fingerprint density at radius 1 is 1.20 bits per heavy atom. The predicted molar refractivity (Wildman–Crippen MR) is 91.9 cm³/mol. The topological polar surface area (TPSA) is 21.3 Å². The van der Waals surface area contributed by atoms with Gasteiger partial charge in [0.25, 0.3) is 0 Å². The summed E-state index contributed by atoms with van der Waals surface area (Å²) in [5, 5.41) is 4.14. The van der Waals surface area contributed by atoms with E-state index in [2.05, 4.69) is 43.2 Å². The number of benzene rings is 2. The van der Waals surface area contributed by atoms with Gasteiger partial charge in [0.1, 0.15) is 5.75 Å². The lowest BCUT2D eigenvalue weighted by atomic mass is 10.1. The van der Waals surface area contributed by atoms with Crippen LogP contribution in [0.4, 0.5) is 5.69 Å². The molecule has 1 N–H and O–H groups in total. The molecule has 0 unspecified atom stereocenters. The van der Waals surface area contributed by atoms with Crippen molar-refractivity contribution in [1.82, 2.24) is 0 Å². The number of nitrogens with one attached hydrogen (secondary N) is 1. The lowest BCUT2D eigenvalue weighted by molar-refractivity contribution is 0.416. The number of rotatable bonds is 4. The normalized spacial score (nSPS) is 10.4. The van der Waals surface area contributed by atoms with Gasteiger partial charge in [-0.1, -0.05) is 49.5 Å². The van der Waals surface area contributed by atoms with Gasteiger partial charge < -0.3 is 10.1 Å². The van der Waals surface area contributed by atoms with E-state index in [0.717, 1.165) is 36.5 Å². The summed E-state index contributed by atoms with van der Waals surface area (Å²) in [4.78, 5) is 0. The van der Waals surface area contributed by atoms with Crippen LogP contribution in [0.1, 0.15) is 11.1 Å². The summed E-state index contributed by atoms with van der Waals surface area (Å²) >= 11 is 12.9. The molecular formula is C15H14Br2ClNO. The minimum atomic E-state index is 0.691. The van der Waals surface area contributed by atoms with E-state index < -0.39 is 0 Å². The van der Waals surface area contributed by atoms with Gasteiger partial charge in [-0.3, -0.25) is 0 Å². The van der Waals surface area contributed by atoms with Crippen molar-refractivity contribution in [1.29, 1.82) is 0 Å². The average Bonchev–Trinajstić information content (AvgIpc) is 2.38. The first-order valence-corrected chi connectivity index (χ1v) is 7.99. The smallest absolute Gasteiger partial charge is 0.143 e. The lowest BCUT2D eigenvalue weighted by Crippen LogP contribution is -2.04. The summed E-state index contributed by atoms with van der Waals surface area (Å²) in [7, 11) is 1.67. The van der Waals surface area contributed by atoms with Crippen LogP contribution in [-0.2, 0) is 6.54 Å². The van der Waals surface area contributed by atoms with Gasteiger partial charge in [0.2, 0.25) is 0 Å². The third-order valence-electron chi connectivity index (χ3n) is 2.95. The first kappa shape index (κ1) is 15.7. The Morgan fingerprint density at radius 2 is 1.95 bits per heavy atom. The highest BCUT2D eigenvalue weighted by Crippen LogP contribution is 2.33. The molecule has 0 radical (unpaired) electrons. The first-order chi connectivity index (χ1) is 9.51. The number of ether oxygens (including phenoxy) is 1. The van der Waals surface area contributed by atoms with Crippen LogP contribution < -0.4 is 10.1 Å². The number of methoxy groups -OCH3 is 1. The Kier molecular flexibility index (Phi) is 5.35. The van der Waals surface area contributed by atoms with Crippen LogP contribution in [0.2, 0.25) is 5.02 Å². The van der Waals surface area contributed by atoms with Crippen LogP contribution in [0.25, 0.3) is 0 Å². The molecular weight excluding hydrogens is 405 g/mol. The standard InChI is InChI=1S/C15H14Br2ClNO/c1-9-5-11(16)6-14(20-2)15(9)19-8-10-3-4-12(18)7-13(10)17/h3-7,19H,8H2,1-2H3. The third kappa shape index (κ3) is 3.68. The summed E-state index contributed by atoms with van der Waals surface area (Å²) in [6.45, 7) is 2.74. The SMILES string of the molecule is COc1cc(Br)cc(C)c1NCc1ccc(Cl)cc1Br. The third-order valence-corrected chi connectivity index (χ3v) is 4.39. The van der Waals surface area contributed by atoms with E-state index in [9.17, 15) is 0 Å². The van der Waals surface area contributed by atoms with Crippen molar-refractivity contribution >= 4 is 49.1 Å². The largest absolute Gasteiger partial charge is 0.495 e. The van der Waals surface area contributed by atoms with Crippen molar-refractivity contribution in [3.63, 3.8) is 0 Å². The number of halogens is 3. The monoisotopic (exact) mass is 417 g/mol. The molecule has 0 saturated carbocycles. The molecule has 0 saturated heterocycles. The Bertz CT molecular complexity index is 632. The van der Waals surface area contributed by atoms with Gasteiger partial charge >= 0.3 is 0 Å². The van der Waals surface area contributed by atoms with Crippen LogP contribution in [0.15, 0.2) is 39.3 Å². The average molecular weight is 420 g/mol. The van der Waals surface area contributed by atoms with Gasteiger partial charge in [0.05, 0.1) is 12.8 Å². The van der Waals surface area contributed by atoms with Crippen molar-refractivity contribution in [2.45, 2.75) is 13.5 Å². The fourth-order valence-electron chi connectivity index (χ4n) is 1.95. The maximum atomic E-state index is 5.95. The summed E-state index contributed by atoms with van der Waals surface area (Å²) in [6.07, 6.45) is 0. The van der Waals surface area contributed by atoms with E-state index in [0.29, 0.717) is 6.54 Å². The Hall–Kier alpha value is -0.710. The zero-order valence-corrected chi connectivity index (χ0v) is 15.1. The molecule has 2 aromatic carbocycles. The zero-order chi connectivity index (χ0) is 14.7. The van der Waals surface area contributed by atoms with Crippen LogP contribution in [0.5, 0.6) is 5.75 Å². The van der Waals surface area contributed by atoms with Gasteiger partial charge in [-0.2, -0.15) is 0 Å². The molecule has 106 valence electrons. The second kappa shape index (κ2) is 6.83. The Labute approximate surface area is 140 Å². The van der Waals surface area contributed by atoms with Crippen LogP contribution in [-0.4, -0.2) is 7.11 Å². The number of hydrogen-bond acceptors (Lipinski definition) is 2. The Balaban J connectivity index is 2.22. The van der Waals surface area contributed by atoms with Gasteiger partial charge in [0, 0.05) is 20.5 Å². The second-order valence-electron chi connectivity index (χ2n) is 4.39. The van der Waals surface area contributed by atoms with Crippen LogP contribution in [0.3, 0.4) is 0 Å². The van der Waals surface area contributed by atoms with Gasteiger partial charge in [-0.25, -0.2) is 0 Å². The first-order valence-electron chi connectivity index (χ1n) is 6.03. The van der Waals surface area contributed by atoms with Crippen molar-refractivity contribution in [3.05, 3.63) is 55.4 Å². The van der Waals surface area contributed by atoms with Gasteiger partial charge in [-0.15, -0.1) is 0 Å². The molecule has 0 spiro atoms. The fraction of sp³-hybridized carbons (Fsp3) is 0.200. The predicted octanol–water partition coefficient (Wildman–Crippen LogP) is 5.79. The quantitative estimate of drug-likeness (QED) is 0.677. The molecule has 2 aromatic rings. The molecule has 0 amide bonds. The van der Waals surface area contributed by atoms with Crippen molar-refractivity contribution < 1.29 is 4.74 Å². The maximum Gasteiger partial charge on any atom is 0.143 e. The number of anilines is 1. The fourth-order valence-corrected chi connectivity index (χ4v) is 3.32. The summed E-state index contributed by atoms with van der Waals surface area (Å²) in [5.74, 6) is 0.821. The minimum Gasteiger partial charge on any atom is -0.495 e. The molecule has 0 aliphatic carbocycles. The molecule has 0 aliphatic rings. The Morgan fingerprint density at radius 3 is 2.60 bits per heavy atom. The maximum absolute atomic E-state index is 5.95. The summed E-state index contributed by atoms with van der Waals surface area (Å²) < 4.78 is 7.42. The molecule has 0 fully saturated rings. The molecule has 0 bridgehead atoms. The number of aryl methyl sites for hydroxylation is 1. The van der Waals surface area contributed by atoms with Crippen molar-refractivity contribution in [2.75, 3.05) is 12.4 Å². The molecule has 5 heteroatoms. The van der Waals surface area contributed by atoms with Crippen molar-refractivity contribution in [2.24, 2.45) is 0 Å². The molecule has 0 atom stereocenters. The molecule has 0 heterocycles. The molecule has 2 rings (SSSR count). The van der Waals surface area contributed by atoms with Gasteiger partial charge in [-0.05, 0) is 42.3 Å². The van der Waals surface area contributed by atoms with Crippen molar-refractivity contribution in [3.8, 4) is 5.75 Å². The van der Waals surface area contributed by atoms with E-state index in [4.69, 9.17) is 16.3 Å². The highest BCUT2D eigenvalue weighted by atomic mass is 79.9. The van der Waals surface area contributed by atoms with Crippen LogP contribution in [0, 0.1) is 6.92 Å². The minimum absolute atomic E-state index is 0.691. The summed E-state index contributed by atoms with van der Waals surface area (Å²) in [5.41, 5.74) is 3.26. The number of hydrogen-bond donors (Lipinski definition) is 1. The van der Waals surface area contributed by atoms with Crippen LogP contribution >= 0.6 is 43.5 Å².